The highest BCUT2D eigenvalue weighted by molar-refractivity contribution is 5.90. The van der Waals surface area contributed by atoms with Crippen LogP contribution >= 0.6 is 0 Å². The van der Waals surface area contributed by atoms with Gasteiger partial charge in [0.05, 0.1) is 12.3 Å². The summed E-state index contributed by atoms with van der Waals surface area (Å²) in [6, 6.07) is 3.94. The first-order chi connectivity index (χ1) is 7.63. The number of carbonyl (C=O) groups is 1. The van der Waals surface area contributed by atoms with Crippen LogP contribution in [-0.2, 0) is 9.53 Å². The first kappa shape index (κ1) is 12.4. The Morgan fingerprint density at radius 2 is 2.19 bits per heavy atom. The van der Waals surface area contributed by atoms with Gasteiger partial charge in [-0.15, -0.1) is 0 Å². The van der Waals surface area contributed by atoms with Crippen LogP contribution in [0.15, 0.2) is 18.2 Å². The number of ether oxygens (including phenoxy) is 2. The van der Waals surface area contributed by atoms with Gasteiger partial charge >= 0.3 is 0 Å². The van der Waals surface area contributed by atoms with Gasteiger partial charge in [0.2, 0.25) is 5.91 Å². The van der Waals surface area contributed by atoms with Crippen molar-refractivity contribution in [2.45, 2.75) is 6.92 Å². The van der Waals surface area contributed by atoms with Crippen molar-refractivity contribution in [1.29, 1.82) is 0 Å². The minimum atomic E-state index is -0.415. The number of hydrogen-bond donors (Lipinski definition) is 1. The van der Waals surface area contributed by atoms with Crippen molar-refractivity contribution in [3.8, 4) is 5.75 Å². The number of methoxy groups -OCH3 is 1. The van der Waals surface area contributed by atoms with Gasteiger partial charge in [-0.3, -0.25) is 4.79 Å². The van der Waals surface area contributed by atoms with Crippen LogP contribution in [0.2, 0.25) is 0 Å². The van der Waals surface area contributed by atoms with Crippen LogP contribution in [0, 0.1) is 5.82 Å². The van der Waals surface area contributed by atoms with E-state index >= 15 is 0 Å². The molecule has 0 heterocycles. The fourth-order valence-corrected chi connectivity index (χ4v) is 1.14. The smallest absolute Gasteiger partial charge is 0.221 e. The van der Waals surface area contributed by atoms with Crippen LogP contribution in [0.3, 0.4) is 0 Å². The lowest BCUT2D eigenvalue weighted by molar-refractivity contribution is -0.114. The minimum Gasteiger partial charge on any atom is -0.489 e. The van der Waals surface area contributed by atoms with Crippen LogP contribution in [0.25, 0.3) is 0 Å². The molecule has 0 saturated heterocycles. The second kappa shape index (κ2) is 6.07. The molecule has 1 aromatic rings. The SMILES string of the molecule is COCCOc1cc(F)ccc1NC(C)=O. The van der Waals surface area contributed by atoms with Gasteiger partial charge in [-0.05, 0) is 12.1 Å². The third-order valence-electron chi connectivity index (χ3n) is 1.80. The first-order valence-corrected chi connectivity index (χ1v) is 4.82. The molecule has 5 heteroatoms. The highest BCUT2D eigenvalue weighted by Crippen LogP contribution is 2.25. The number of benzene rings is 1. The third kappa shape index (κ3) is 3.86. The van der Waals surface area contributed by atoms with Gasteiger partial charge in [0, 0.05) is 20.1 Å². The summed E-state index contributed by atoms with van der Waals surface area (Å²) in [6.45, 7) is 2.07. The molecule has 88 valence electrons. The Kier molecular flexibility index (Phi) is 4.72. The number of halogens is 1. The summed E-state index contributed by atoms with van der Waals surface area (Å²) in [7, 11) is 1.55. The van der Waals surface area contributed by atoms with Crippen molar-refractivity contribution in [1.82, 2.24) is 0 Å². The first-order valence-electron chi connectivity index (χ1n) is 4.82. The van der Waals surface area contributed by atoms with Gasteiger partial charge < -0.3 is 14.8 Å². The number of nitrogens with one attached hydrogen (secondary N) is 1. The van der Waals surface area contributed by atoms with E-state index in [0.29, 0.717) is 24.7 Å². The zero-order chi connectivity index (χ0) is 12.0. The monoisotopic (exact) mass is 227 g/mol. The van der Waals surface area contributed by atoms with E-state index in [1.165, 1.54) is 25.1 Å². The maximum Gasteiger partial charge on any atom is 0.221 e. The molecular weight excluding hydrogens is 213 g/mol. The van der Waals surface area contributed by atoms with Gasteiger partial charge in [-0.25, -0.2) is 4.39 Å². The molecule has 0 fully saturated rings. The summed E-state index contributed by atoms with van der Waals surface area (Å²) < 4.78 is 23.1. The van der Waals surface area contributed by atoms with E-state index in [2.05, 4.69) is 5.32 Å². The quantitative estimate of drug-likeness (QED) is 0.780. The zero-order valence-corrected chi connectivity index (χ0v) is 9.25. The van der Waals surface area contributed by atoms with Crippen molar-refractivity contribution in [3.05, 3.63) is 24.0 Å². The average Bonchev–Trinajstić information content (AvgIpc) is 2.22. The molecule has 0 saturated carbocycles. The van der Waals surface area contributed by atoms with Crippen molar-refractivity contribution in [3.63, 3.8) is 0 Å². The van der Waals surface area contributed by atoms with Crippen LogP contribution < -0.4 is 10.1 Å². The summed E-state index contributed by atoms with van der Waals surface area (Å²) in [5, 5.41) is 2.56. The second-order valence-electron chi connectivity index (χ2n) is 3.16. The lowest BCUT2D eigenvalue weighted by atomic mass is 10.3. The van der Waals surface area contributed by atoms with Crippen molar-refractivity contribution < 1.29 is 18.7 Å². The molecular formula is C11H14FNO3. The number of amides is 1. The predicted molar refractivity (Wildman–Crippen MR) is 58.1 cm³/mol. The Bertz CT molecular complexity index is 368. The highest BCUT2D eigenvalue weighted by atomic mass is 19.1. The molecule has 0 unspecified atom stereocenters. The molecule has 0 radical (unpaired) electrons. The molecule has 1 aromatic carbocycles. The standard InChI is InChI=1S/C11H14FNO3/c1-8(14)13-10-4-3-9(12)7-11(10)16-6-5-15-2/h3-4,7H,5-6H2,1-2H3,(H,13,14). The zero-order valence-electron chi connectivity index (χ0n) is 9.25. The molecule has 0 aliphatic rings. The van der Waals surface area contributed by atoms with E-state index in [1.807, 2.05) is 0 Å². The van der Waals surface area contributed by atoms with Crippen LogP contribution in [-0.4, -0.2) is 26.2 Å². The Hall–Kier alpha value is -1.62. The van der Waals surface area contributed by atoms with Crippen molar-refractivity contribution in [2.24, 2.45) is 0 Å². The van der Waals surface area contributed by atoms with Gasteiger partial charge in [0.15, 0.2) is 0 Å². The fourth-order valence-electron chi connectivity index (χ4n) is 1.14. The van der Waals surface area contributed by atoms with Crippen LogP contribution in [0.1, 0.15) is 6.92 Å². The molecule has 0 aliphatic carbocycles. The third-order valence-corrected chi connectivity index (χ3v) is 1.80. The number of rotatable bonds is 5. The number of anilines is 1. The molecule has 1 rings (SSSR count). The Balaban J connectivity index is 2.76. The Labute approximate surface area is 93.4 Å². The second-order valence-corrected chi connectivity index (χ2v) is 3.16. The molecule has 0 aromatic heterocycles. The molecule has 1 amide bonds. The predicted octanol–water partition coefficient (Wildman–Crippen LogP) is 1.81. The van der Waals surface area contributed by atoms with E-state index in [-0.39, 0.29) is 5.91 Å². The van der Waals surface area contributed by atoms with Crippen molar-refractivity contribution in [2.75, 3.05) is 25.6 Å². The normalized spacial score (nSPS) is 9.94. The molecule has 0 spiro atoms. The van der Waals surface area contributed by atoms with Gasteiger partial charge in [-0.1, -0.05) is 0 Å². The summed E-state index contributed by atoms with van der Waals surface area (Å²) in [5.74, 6) is -0.350. The molecule has 4 nitrogen and oxygen atoms in total. The summed E-state index contributed by atoms with van der Waals surface area (Å²) >= 11 is 0. The fraction of sp³-hybridized carbons (Fsp3) is 0.364. The lowest BCUT2D eigenvalue weighted by Gasteiger charge is -2.11. The van der Waals surface area contributed by atoms with Gasteiger partial charge in [0.1, 0.15) is 18.2 Å². The minimum absolute atomic E-state index is 0.233. The topological polar surface area (TPSA) is 47.6 Å². The molecule has 0 bridgehead atoms. The van der Waals surface area contributed by atoms with E-state index < -0.39 is 5.82 Å². The van der Waals surface area contributed by atoms with E-state index in [1.54, 1.807) is 7.11 Å². The summed E-state index contributed by atoms with van der Waals surface area (Å²) in [6.07, 6.45) is 0. The molecule has 0 aliphatic heterocycles. The Morgan fingerprint density at radius 3 is 2.81 bits per heavy atom. The maximum absolute atomic E-state index is 13.0. The summed E-state index contributed by atoms with van der Waals surface area (Å²) in [4.78, 5) is 10.9. The van der Waals surface area contributed by atoms with E-state index in [4.69, 9.17) is 9.47 Å². The largest absolute Gasteiger partial charge is 0.489 e. The van der Waals surface area contributed by atoms with Gasteiger partial charge in [-0.2, -0.15) is 0 Å². The van der Waals surface area contributed by atoms with Crippen molar-refractivity contribution >= 4 is 11.6 Å². The Morgan fingerprint density at radius 1 is 1.44 bits per heavy atom. The lowest BCUT2D eigenvalue weighted by Crippen LogP contribution is -2.10. The average molecular weight is 227 g/mol. The number of carbonyl (C=O) groups excluding carboxylic acids is 1. The summed E-state index contributed by atoms with van der Waals surface area (Å²) in [5.41, 5.74) is 0.449. The molecule has 16 heavy (non-hydrogen) atoms. The van der Waals surface area contributed by atoms with E-state index in [9.17, 15) is 9.18 Å². The van der Waals surface area contributed by atoms with Crippen LogP contribution in [0.5, 0.6) is 5.75 Å². The van der Waals surface area contributed by atoms with E-state index in [0.717, 1.165) is 0 Å². The van der Waals surface area contributed by atoms with Gasteiger partial charge in [0.25, 0.3) is 0 Å². The molecule has 1 N–H and O–H groups in total. The number of hydrogen-bond acceptors (Lipinski definition) is 3. The van der Waals surface area contributed by atoms with Crippen LogP contribution in [0.4, 0.5) is 10.1 Å². The highest BCUT2D eigenvalue weighted by Gasteiger charge is 2.06. The molecule has 0 atom stereocenters. The maximum atomic E-state index is 13.0.